The maximum Gasteiger partial charge on any atom is 0.300 e. The van der Waals surface area contributed by atoms with Gasteiger partial charge in [-0.15, -0.1) is 0 Å². The molecule has 0 spiro atoms. The van der Waals surface area contributed by atoms with Crippen LogP contribution in [-0.2, 0) is 9.59 Å². The zero-order valence-electron chi connectivity index (χ0n) is 16.2. The molecule has 1 unspecified atom stereocenters. The normalized spacial score (nSPS) is 17.9. The number of halogens is 2. The molecule has 2 aromatic carbocycles. The molecule has 1 aromatic heterocycles. The highest BCUT2D eigenvalue weighted by molar-refractivity contribution is 9.10. The smallest absolute Gasteiger partial charge is 0.300 e. The maximum atomic E-state index is 13.1. The number of hydrogen-bond donors (Lipinski definition) is 2. The van der Waals surface area contributed by atoms with Crippen molar-refractivity contribution in [2.45, 2.75) is 13.0 Å². The molecule has 156 valence electrons. The van der Waals surface area contributed by atoms with E-state index >= 15 is 0 Å². The van der Waals surface area contributed by atoms with Crippen LogP contribution in [0.15, 0.2) is 71.0 Å². The number of phenols is 1. The number of pyridine rings is 1. The average Bonchev–Trinajstić information content (AvgIpc) is 3.02. The molecule has 4 rings (SSSR count). The molecular formula is C23H16BrClN2O4. The first-order valence-electron chi connectivity index (χ1n) is 9.25. The lowest BCUT2D eigenvalue weighted by Gasteiger charge is -2.26. The van der Waals surface area contributed by atoms with Gasteiger partial charge in [-0.3, -0.25) is 19.5 Å². The summed E-state index contributed by atoms with van der Waals surface area (Å²) in [4.78, 5) is 31.3. The molecule has 0 bridgehead atoms. The van der Waals surface area contributed by atoms with Crippen molar-refractivity contribution in [3.63, 3.8) is 0 Å². The lowest BCUT2D eigenvalue weighted by Crippen LogP contribution is -2.29. The number of Topliss-reactive ketones (excluding diaryl/α,β-unsaturated/α-hetero) is 1. The largest absolute Gasteiger partial charge is 0.507 e. The third-order valence-corrected chi connectivity index (χ3v) is 6.22. The van der Waals surface area contributed by atoms with E-state index in [4.69, 9.17) is 11.6 Å². The van der Waals surface area contributed by atoms with E-state index in [1.807, 2.05) is 6.92 Å². The van der Waals surface area contributed by atoms with Crippen LogP contribution in [0.25, 0.3) is 5.76 Å². The average molecular weight is 500 g/mol. The molecule has 1 atom stereocenters. The zero-order chi connectivity index (χ0) is 22.3. The number of carbonyl (C=O) groups is 2. The Kier molecular flexibility index (Phi) is 5.56. The van der Waals surface area contributed by atoms with Gasteiger partial charge in [0.1, 0.15) is 11.5 Å². The number of ketones is 1. The first kappa shape index (κ1) is 21.1. The summed E-state index contributed by atoms with van der Waals surface area (Å²) in [6.07, 6.45) is 3.05. The van der Waals surface area contributed by atoms with Crippen molar-refractivity contribution in [2.75, 3.05) is 4.90 Å². The number of carbonyl (C=O) groups excluding carboxylic acids is 2. The Morgan fingerprint density at radius 1 is 1.10 bits per heavy atom. The summed E-state index contributed by atoms with van der Waals surface area (Å²) in [6.45, 7) is 1.85. The van der Waals surface area contributed by atoms with Gasteiger partial charge in [0.25, 0.3) is 11.7 Å². The minimum absolute atomic E-state index is 0.0717. The Balaban J connectivity index is 1.98. The van der Waals surface area contributed by atoms with Gasteiger partial charge in [0.15, 0.2) is 0 Å². The Hall–Kier alpha value is -3.16. The maximum absolute atomic E-state index is 13.1. The van der Waals surface area contributed by atoms with E-state index in [1.54, 1.807) is 30.3 Å². The van der Waals surface area contributed by atoms with Gasteiger partial charge >= 0.3 is 0 Å². The van der Waals surface area contributed by atoms with E-state index < -0.39 is 17.7 Å². The zero-order valence-corrected chi connectivity index (χ0v) is 18.6. The second-order valence-corrected chi connectivity index (χ2v) is 8.34. The van der Waals surface area contributed by atoms with Crippen molar-refractivity contribution in [2.24, 2.45) is 0 Å². The summed E-state index contributed by atoms with van der Waals surface area (Å²) in [5.41, 5.74) is 1.78. The van der Waals surface area contributed by atoms with Crippen LogP contribution < -0.4 is 4.90 Å². The van der Waals surface area contributed by atoms with Gasteiger partial charge in [0.2, 0.25) is 0 Å². The third-order valence-electron chi connectivity index (χ3n) is 5.09. The Bertz CT molecular complexity index is 1240. The van der Waals surface area contributed by atoms with Gasteiger partial charge in [0.05, 0.1) is 17.3 Å². The minimum atomic E-state index is -0.976. The van der Waals surface area contributed by atoms with E-state index in [9.17, 15) is 19.8 Å². The first-order chi connectivity index (χ1) is 14.8. The van der Waals surface area contributed by atoms with E-state index in [-0.39, 0.29) is 27.8 Å². The Morgan fingerprint density at radius 2 is 1.81 bits per heavy atom. The molecule has 2 heterocycles. The number of rotatable bonds is 3. The van der Waals surface area contributed by atoms with E-state index in [2.05, 4.69) is 20.9 Å². The summed E-state index contributed by atoms with van der Waals surface area (Å²) in [5.74, 6) is -2.27. The predicted molar refractivity (Wildman–Crippen MR) is 121 cm³/mol. The molecule has 0 radical (unpaired) electrons. The summed E-state index contributed by atoms with van der Waals surface area (Å²) in [6, 6.07) is 11.7. The number of aromatic nitrogens is 1. The number of aliphatic hydroxyl groups excluding tert-OH is 1. The van der Waals surface area contributed by atoms with Crippen molar-refractivity contribution in [1.82, 2.24) is 4.98 Å². The number of phenolic OH excluding ortho intramolecular Hbond substituents is 1. The van der Waals surface area contributed by atoms with Crippen molar-refractivity contribution >= 4 is 50.7 Å². The molecule has 0 aliphatic carbocycles. The van der Waals surface area contributed by atoms with Crippen LogP contribution in [0.5, 0.6) is 5.75 Å². The summed E-state index contributed by atoms with van der Waals surface area (Å²) >= 11 is 9.50. The molecular weight excluding hydrogens is 484 g/mol. The van der Waals surface area contributed by atoms with Gasteiger partial charge in [-0.05, 0) is 60.5 Å². The van der Waals surface area contributed by atoms with E-state index in [1.165, 1.54) is 30.6 Å². The van der Waals surface area contributed by atoms with Crippen LogP contribution in [-0.4, -0.2) is 26.9 Å². The van der Waals surface area contributed by atoms with Gasteiger partial charge in [-0.2, -0.15) is 0 Å². The van der Waals surface area contributed by atoms with Crippen LogP contribution in [0.3, 0.4) is 0 Å². The van der Waals surface area contributed by atoms with Crippen molar-refractivity contribution in [3.05, 3.63) is 92.7 Å². The van der Waals surface area contributed by atoms with Gasteiger partial charge in [-0.25, -0.2) is 0 Å². The van der Waals surface area contributed by atoms with Gasteiger partial charge in [0, 0.05) is 27.5 Å². The molecule has 6 nitrogen and oxygen atoms in total. The highest BCUT2D eigenvalue weighted by Gasteiger charge is 2.47. The standard InChI is InChI=1S/C23H16BrClN2O4/c1-12-10-14(2-4-16(12)24)21(29)19-20(13-6-8-26-9-7-13)27(23(31)22(19)30)17-11-15(25)3-5-18(17)28/h2-11,20,28-29H,1H3/b21-19+. The molecule has 1 fully saturated rings. The fraction of sp³-hybridized carbons (Fsp3) is 0.0870. The SMILES string of the molecule is Cc1cc(/C(O)=C2\C(=O)C(=O)N(c3cc(Cl)ccc3O)C2c2ccncc2)ccc1Br. The number of amides is 1. The number of benzene rings is 2. The fourth-order valence-corrected chi connectivity index (χ4v) is 3.99. The molecule has 3 aromatic rings. The van der Waals surface area contributed by atoms with Crippen molar-refractivity contribution in [1.29, 1.82) is 0 Å². The van der Waals surface area contributed by atoms with Gasteiger partial charge in [-0.1, -0.05) is 33.6 Å². The molecule has 0 saturated carbocycles. The van der Waals surface area contributed by atoms with Crippen LogP contribution >= 0.6 is 27.5 Å². The fourth-order valence-electron chi connectivity index (χ4n) is 3.58. The van der Waals surface area contributed by atoms with Crippen molar-refractivity contribution < 1.29 is 19.8 Å². The predicted octanol–water partition coefficient (Wildman–Crippen LogP) is 5.14. The third kappa shape index (κ3) is 3.71. The van der Waals surface area contributed by atoms with E-state index in [0.717, 1.165) is 14.9 Å². The second kappa shape index (κ2) is 8.17. The molecule has 1 amide bonds. The highest BCUT2D eigenvalue weighted by Crippen LogP contribution is 2.45. The topological polar surface area (TPSA) is 90.7 Å². The number of nitrogens with zero attached hydrogens (tertiary/aromatic N) is 2. The summed E-state index contributed by atoms with van der Waals surface area (Å²) < 4.78 is 0.846. The number of aliphatic hydroxyl groups is 1. The summed E-state index contributed by atoms with van der Waals surface area (Å²) in [5, 5.41) is 21.8. The van der Waals surface area contributed by atoms with Gasteiger partial charge < -0.3 is 10.2 Å². The molecule has 1 saturated heterocycles. The number of aryl methyl sites for hydroxylation is 1. The number of aromatic hydroxyl groups is 1. The molecule has 31 heavy (non-hydrogen) atoms. The molecule has 8 heteroatoms. The summed E-state index contributed by atoms with van der Waals surface area (Å²) in [7, 11) is 0. The molecule has 2 N–H and O–H groups in total. The quantitative estimate of drug-likeness (QED) is 0.296. The second-order valence-electron chi connectivity index (χ2n) is 7.05. The lowest BCUT2D eigenvalue weighted by molar-refractivity contribution is -0.132. The monoisotopic (exact) mass is 498 g/mol. The lowest BCUT2D eigenvalue weighted by atomic mass is 9.95. The van der Waals surface area contributed by atoms with Crippen molar-refractivity contribution in [3.8, 4) is 5.75 Å². The van der Waals surface area contributed by atoms with E-state index in [0.29, 0.717) is 11.1 Å². The minimum Gasteiger partial charge on any atom is -0.507 e. The highest BCUT2D eigenvalue weighted by atomic mass is 79.9. The Labute approximate surface area is 191 Å². The first-order valence-corrected chi connectivity index (χ1v) is 10.4. The molecule has 1 aliphatic rings. The van der Waals surface area contributed by atoms with Crippen LogP contribution in [0.4, 0.5) is 5.69 Å². The Morgan fingerprint density at radius 3 is 2.48 bits per heavy atom. The van der Waals surface area contributed by atoms with Crippen LogP contribution in [0, 0.1) is 6.92 Å². The van der Waals surface area contributed by atoms with Crippen LogP contribution in [0.2, 0.25) is 5.02 Å². The molecule has 1 aliphatic heterocycles. The number of anilines is 1. The van der Waals surface area contributed by atoms with Crippen LogP contribution in [0.1, 0.15) is 22.7 Å². The number of hydrogen-bond acceptors (Lipinski definition) is 5.